The van der Waals surface area contributed by atoms with Gasteiger partial charge in [0.15, 0.2) is 11.5 Å². The van der Waals surface area contributed by atoms with Crippen molar-refractivity contribution >= 4 is 13.3 Å². The third-order valence-electron chi connectivity index (χ3n) is 2.68. The second-order valence-corrected chi connectivity index (χ2v) is 4.84. The molecule has 0 saturated heterocycles. The Bertz CT molecular complexity index is 618. The number of halogens is 12. The first-order chi connectivity index (χ1) is 11.8. The summed E-state index contributed by atoms with van der Waals surface area (Å²) in [6, 6.07) is 1.46. The molecule has 0 unspecified atom stereocenters. The van der Waals surface area contributed by atoms with Crippen LogP contribution in [0.4, 0.5) is 52.7 Å². The first kappa shape index (κ1) is 23.1. The molecule has 0 heterocycles. The van der Waals surface area contributed by atoms with Gasteiger partial charge >= 0.3 is 24.7 Å². The van der Waals surface area contributed by atoms with E-state index in [9.17, 15) is 52.7 Å². The van der Waals surface area contributed by atoms with E-state index < -0.39 is 53.9 Å². The maximum Gasteiger partial charge on any atom is 0.434 e. The molecule has 1 aromatic rings. The van der Waals surface area contributed by atoms with E-state index in [0.29, 0.717) is 12.1 Å². The fraction of sp³-hybridized carbons (Fsp3) is 0.500. The van der Waals surface area contributed by atoms with Crippen molar-refractivity contribution in [1.82, 2.24) is 0 Å². The molecule has 2 nitrogen and oxygen atoms in total. The van der Waals surface area contributed by atoms with Gasteiger partial charge in [-0.2, -0.15) is 52.7 Å². The van der Waals surface area contributed by atoms with Gasteiger partial charge in [-0.3, -0.25) is 0 Å². The fourth-order valence-corrected chi connectivity index (χ4v) is 1.63. The number of hydrogen-bond acceptors (Lipinski definition) is 2. The molecule has 0 bridgehead atoms. The topological polar surface area (TPSA) is 18.5 Å². The summed E-state index contributed by atoms with van der Waals surface area (Å²) in [6.45, 7) is 0. The van der Waals surface area contributed by atoms with Crippen LogP contribution in [-0.2, 0) is 0 Å². The Hall–Kier alpha value is -1.96. The Labute approximate surface area is 143 Å². The molecule has 0 saturated carbocycles. The van der Waals surface area contributed by atoms with E-state index in [1.807, 2.05) is 0 Å². The van der Waals surface area contributed by atoms with Crippen molar-refractivity contribution in [2.45, 2.75) is 36.9 Å². The predicted molar refractivity (Wildman–Crippen MR) is 64.9 cm³/mol. The summed E-state index contributed by atoms with van der Waals surface area (Å²) >= 11 is 0. The molecule has 0 fully saturated rings. The number of hydrogen-bond donors (Lipinski definition) is 0. The van der Waals surface area contributed by atoms with Crippen LogP contribution in [-0.4, -0.2) is 44.8 Å². The zero-order chi connectivity index (χ0) is 21.4. The normalized spacial score (nSPS) is 14.0. The Morgan fingerprint density at radius 2 is 1.00 bits per heavy atom. The van der Waals surface area contributed by atoms with Crippen LogP contribution in [0.1, 0.15) is 0 Å². The monoisotopic (exact) mass is 420 g/mol. The van der Waals surface area contributed by atoms with E-state index >= 15 is 0 Å². The fourth-order valence-electron chi connectivity index (χ4n) is 1.63. The van der Waals surface area contributed by atoms with Gasteiger partial charge in [0.2, 0.25) is 0 Å². The molecule has 0 aliphatic heterocycles. The van der Waals surface area contributed by atoms with Gasteiger partial charge in [0, 0.05) is 0 Å². The van der Waals surface area contributed by atoms with Crippen LogP contribution in [0, 0.1) is 0 Å². The summed E-state index contributed by atoms with van der Waals surface area (Å²) in [5, 5.41) is 0. The Kier molecular flexibility index (Phi) is 6.18. The average molecular weight is 420 g/mol. The second kappa shape index (κ2) is 7.22. The molecule has 0 atom stereocenters. The van der Waals surface area contributed by atoms with Gasteiger partial charge < -0.3 is 9.47 Å². The summed E-state index contributed by atoms with van der Waals surface area (Å²) in [4.78, 5) is 0. The van der Waals surface area contributed by atoms with Gasteiger partial charge in [0.05, 0.1) is 0 Å². The zero-order valence-electron chi connectivity index (χ0n) is 12.3. The van der Waals surface area contributed by atoms with Crippen molar-refractivity contribution in [3.63, 3.8) is 0 Å². The maximum atomic E-state index is 12.5. The highest BCUT2D eigenvalue weighted by Crippen LogP contribution is 2.41. The molecule has 15 heteroatoms. The largest absolute Gasteiger partial charge is 0.468 e. The molecule has 0 amide bonds. The van der Waals surface area contributed by atoms with Crippen LogP contribution in [0.2, 0.25) is 0 Å². The number of ether oxygens (including phenoxy) is 2. The molecule has 0 aromatic heterocycles. The third kappa shape index (κ3) is 6.02. The molecule has 0 aliphatic carbocycles. The molecule has 0 aliphatic rings. The lowest BCUT2D eigenvalue weighted by molar-refractivity contribution is -0.305. The van der Waals surface area contributed by atoms with Crippen LogP contribution in [0.5, 0.6) is 11.5 Å². The highest BCUT2D eigenvalue weighted by atomic mass is 19.4. The van der Waals surface area contributed by atoms with Crippen LogP contribution < -0.4 is 14.9 Å². The first-order valence-electron chi connectivity index (χ1n) is 6.33. The molecule has 27 heavy (non-hydrogen) atoms. The van der Waals surface area contributed by atoms with Gasteiger partial charge in [-0.25, -0.2) is 0 Å². The van der Waals surface area contributed by atoms with Gasteiger partial charge in [0.25, 0.3) is 12.2 Å². The SMILES string of the molecule is [B]c1cccc(OC(C(F)(F)F)C(F)(F)F)c1OC(C(F)(F)F)C(F)(F)F. The van der Waals surface area contributed by atoms with Crippen LogP contribution >= 0.6 is 0 Å². The maximum absolute atomic E-state index is 12.5. The molecule has 152 valence electrons. The number of alkyl halides is 12. The van der Waals surface area contributed by atoms with Crippen molar-refractivity contribution in [2.75, 3.05) is 0 Å². The highest BCUT2D eigenvalue weighted by Gasteiger charge is 2.61. The van der Waals surface area contributed by atoms with E-state index in [1.165, 1.54) is 0 Å². The number of rotatable bonds is 4. The summed E-state index contributed by atoms with van der Waals surface area (Å²) in [6.07, 6.45) is -33.5. The smallest absolute Gasteiger partial charge is 0.434 e. The van der Waals surface area contributed by atoms with E-state index in [0.717, 1.165) is 0 Å². The van der Waals surface area contributed by atoms with Crippen molar-refractivity contribution < 1.29 is 62.2 Å². The van der Waals surface area contributed by atoms with E-state index in [4.69, 9.17) is 7.85 Å². The molecular formula is C12H5BF12O2. The lowest BCUT2D eigenvalue weighted by Crippen LogP contribution is -2.48. The Morgan fingerprint density at radius 3 is 1.37 bits per heavy atom. The van der Waals surface area contributed by atoms with E-state index in [-0.39, 0.29) is 6.07 Å². The van der Waals surface area contributed by atoms with E-state index in [2.05, 4.69) is 9.47 Å². The van der Waals surface area contributed by atoms with E-state index in [1.54, 1.807) is 0 Å². The number of benzene rings is 1. The molecule has 2 radical (unpaired) electrons. The van der Waals surface area contributed by atoms with Crippen LogP contribution in [0.3, 0.4) is 0 Å². The molecular weight excluding hydrogens is 415 g/mol. The van der Waals surface area contributed by atoms with Crippen LogP contribution in [0.15, 0.2) is 18.2 Å². The molecule has 1 rings (SSSR count). The lowest BCUT2D eigenvalue weighted by atomic mass is 9.94. The third-order valence-corrected chi connectivity index (χ3v) is 2.68. The van der Waals surface area contributed by atoms with Crippen molar-refractivity contribution in [3.8, 4) is 11.5 Å². The van der Waals surface area contributed by atoms with Crippen molar-refractivity contribution in [2.24, 2.45) is 0 Å². The average Bonchev–Trinajstić information content (AvgIpc) is 2.38. The summed E-state index contributed by atoms with van der Waals surface area (Å²) < 4.78 is 157. The minimum atomic E-state index is -6.11. The summed E-state index contributed by atoms with van der Waals surface area (Å²) in [7, 11) is 5.05. The lowest BCUT2D eigenvalue weighted by Gasteiger charge is -2.28. The first-order valence-corrected chi connectivity index (χ1v) is 6.33. The van der Waals surface area contributed by atoms with Crippen LogP contribution in [0.25, 0.3) is 0 Å². The van der Waals surface area contributed by atoms with Crippen molar-refractivity contribution in [3.05, 3.63) is 18.2 Å². The number of para-hydroxylation sites is 1. The molecule has 1 aromatic carbocycles. The zero-order valence-corrected chi connectivity index (χ0v) is 12.3. The highest BCUT2D eigenvalue weighted by molar-refractivity contribution is 6.34. The minimum Gasteiger partial charge on any atom is -0.468 e. The standard InChI is InChI=1S/C12H5BF12O2/c13-4-2-1-3-5(26-7(9(14,15)16)10(17,18)19)6(4)27-8(11(20,21)22)12(23,24)25/h1-3,7-8H. The predicted octanol–water partition coefficient (Wildman–Crippen LogP) is 4.22. The van der Waals surface area contributed by atoms with Gasteiger partial charge in [0.1, 0.15) is 7.85 Å². The van der Waals surface area contributed by atoms with Gasteiger partial charge in [-0.1, -0.05) is 17.6 Å². The van der Waals surface area contributed by atoms with Gasteiger partial charge in [-0.05, 0) is 6.07 Å². The minimum absolute atomic E-state index is 0.236. The Morgan fingerprint density at radius 1 is 0.630 bits per heavy atom. The molecule has 0 N–H and O–H groups in total. The quantitative estimate of drug-likeness (QED) is 0.537. The van der Waals surface area contributed by atoms with Gasteiger partial charge in [-0.15, -0.1) is 0 Å². The Balaban J connectivity index is 3.40. The summed E-state index contributed by atoms with van der Waals surface area (Å²) in [5.74, 6) is -3.50. The van der Waals surface area contributed by atoms with Crippen molar-refractivity contribution in [1.29, 1.82) is 0 Å². The summed E-state index contributed by atoms with van der Waals surface area (Å²) in [5.41, 5.74) is -1.12. The second-order valence-electron chi connectivity index (χ2n) is 4.84. The molecule has 0 spiro atoms.